The third kappa shape index (κ3) is 4.83. The van der Waals surface area contributed by atoms with Crippen molar-refractivity contribution < 1.29 is 23.4 Å². The molecule has 1 saturated heterocycles. The summed E-state index contributed by atoms with van der Waals surface area (Å²) >= 11 is 0. The molecule has 1 fully saturated rings. The second-order valence-corrected chi connectivity index (χ2v) is 5.20. The minimum absolute atomic E-state index is 0. The smallest absolute Gasteiger partial charge is 0.240 e. The van der Waals surface area contributed by atoms with E-state index in [-0.39, 0.29) is 36.1 Å². The largest absolute Gasteiger partial charge is 0.502 e. The van der Waals surface area contributed by atoms with Gasteiger partial charge in [-0.2, -0.15) is 0 Å². The fourth-order valence-electron chi connectivity index (χ4n) is 2.76. The average Bonchev–Trinajstić information content (AvgIpc) is 2.53. The van der Waals surface area contributed by atoms with E-state index in [9.17, 15) is 13.9 Å². The lowest BCUT2D eigenvalue weighted by Crippen LogP contribution is -2.45. The molecule has 23 heavy (non-hydrogen) atoms. The molecule has 2 N–H and O–H groups in total. The number of benzene rings is 1. The van der Waals surface area contributed by atoms with Crippen molar-refractivity contribution in [1.82, 2.24) is 10.2 Å². The highest BCUT2D eigenvalue weighted by atomic mass is 35.5. The Balaban J connectivity index is 0.00000264. The van der Waals surface area contributed by atoms with Crippen LogP contribution < -0.4 is 14.8 Å². The molecule has 1 atom stereocenters. The standard InChI is InChI=1S/C15H22F2N2O3.ClH/c1-21-12-7-10(8-13(22-2)15(12)20)11(9-14(16)17)19-5-3-18-4-6-19;/h7-8,11,14,18,20H,3-6,9H2,1-2H3;1H/t11-;/m1./s1. The number of phenolic OH excluding ortho intramolecular Hbond substituents is 1. The first-order valence-corrected chi connectivity index (χ1v) is 7.24. The van der Waals surface area contributed by atoms with Gasteiger partial charge in [0.2, 0.25) is 12.2 Å². The van der Waals surface area contributed by atoms with Gasteiger partial charge in [-0.15, -0.1) is 12.4 Å². The van der Waals surface area contributed by atoms with Crippen molar-refractivity contribution in [1.29, 1.82) is 0 Å². The van der Waals surface area contributed by atoms with Crippen molar-refractivity contribution >= 4 is 12.4 Å². The fraction of sp³-hybridized carbons (Fsp3) is 0.600. The van der Waals surface area contributed by atoms with Gasteiger partial charge < -0.3 is 19.9 Å². The lowest BCUT2D eigenvalue weighted by atomic mass is 10.00. The van der Waals surface area contributed by atoms with Crippen molar-refractivity contribution in [3.05, 3.63) is 17.7 Å². The summed E-state index contributed by atoms with van der Waals surface area (Å²) in [6.45, 7) is 2.93. The minimum Gasteiger partial charge on any atom is -0.502 e. The molecule has 2 rings (SSSR count). The average molecular weight is 353 g/mol. The number of halogens is 3. The van der Waals surface area contributed by atoms with E-state index in [4.69, 9.17) is 9.47 Å². The molecule has 0 unspecified atom stereocenters. The van der Waals surface area contributed by atoms with Crippen molar-refractivity contribution in [2.75, 3.05) is 40.4 Å². The van der Waals surface area contributed by atoms with Crippen LogP contribution in [0.25, 0.3) is 0 Å². The molecule has 0 bridgehead atoms. The number of rotatable bonds is 6. The maximum atomic E-state index is 13.0. The molecule has 0 aromatic heterocycles. The monoisotopic (exact) mass is 352 g/mol. The first kappa shape index (κ1) is 19.7. The van der Waals surface area contributed by atoms with Crippen LogP contribution in [0, 0.1) is 0 Å². The summed E-state index contributed by atoms with van der Waals surface area (Å²) < 4.78 is 36.3. The Hall–Kier alpha value is -1.31. The number of alkyl halides is 2. The number of piperazine rings is 1. The molecule has 0 saturated carbocycles. The zero-order chi connectivity index (χ0) is 16.1. The lowest BCUT2D eigenvalue weighted by molar-refractivity contribution is 0.0737. The van der Waals surface area contributed by atoms with E-state index in [2.05, 4.69) is 5.32 Å². The summed E-state index contributed by atoms with van der Waals surface area (Å²) in [6, 6.07) is 2.77. The Kier molecular flexibility index (Phi) is 7.81. The van der Waals surface area contributed by atoms with Gasteiger partial charge in [-0.05, 0) is 17.7 Å². The Labute approximate surface area is 141 Å². The van der Waals surface area contributed by atoms with Crippen LogP contribution in [-0.2, 0) is 0 Å². The van der Waals surface area contributed by atoms with Gasteiger partial charge in [0.05, 0.1) is 14.2 Å². The molecular formula is C15H23ClF2N2O3. The minimum atomic E-state index is -2.41. The molecule has 8 heteroatoms. The predicted octanol–water partition coefficient (Wildman–Crippen LogP) is 2.43. The van der Waals surface area contributed by atoms with Crippen molar-refractivity contribution in [3.63, 3.8) is 0 Å². The quantitative estimate of drug-likeness (QED) is 0.823. The summed E-state index contributed by atoms with van der Waals surface area (Å²) in [7, 11) is 2.84. The number of aromatic hydroxyl groups is 1. The summed E-state index contributed by atoms with van der Waals surface area (Å²) in [4.78, 5) is 2.02. The van der Waals surface area contributed by atoms with Crippen LogP contribution in [-0.4, -0.2) is 56.8 Å². The van der Waals surface area contributed by atoms with E-state index in [1.165, 1.54) is 14.2 Å². The zero-order valence-corrected chi connectivity index (χ0v) is 14.0. The maximum Gasteiger partial charge on any atom is 0.240 e. The molecule has 1 aromatic carbocycles. The van der Waals surface area contributed by atoms with E-state index in [0.717, 1.165) is 13.1 Å². The van der Waals surface area contributed by atoms with E-state index >= 15 is 0 Å². The Morgan fingerprint density at radius 3 is 2.13 bits per heavy atom. The van der Waals surface area contributed by atoms with Gasteiger partial charge in [0.25, 0.3) is 0 Å². The van der Waals surface area contributed by atoms with Crippen LogP contribution in [0.2, 0.25) is 0 Å². The third-order valence-corrected chi connectivity index (χ3v) is 3.88. The van der Waals surface area contributed by atoms with Crippen LogP contribution in [0.4, 0.5) is 8.78 Å². The topological polar surface area (TPSA) is 54.0 Å². The highest BCUT2D eigenvalue weighted by Gasteiger charge is 2.27. The molecule has 1 aliphatic rings. The number of hydrogen-bond acceptors (Lipinski definition) is 5. The lowest BCUT2D eigenvalue weighted by Gasteiger charge is -2.35. The third-order valence-electron chi connectivity index (χ3n) is 3.88. The molecule has 5 nitrogen and oxygen atoms in total. The Bertz CT molecular complexity index is 475. The number of ether oxygens (including phenoxy) is 2. The SMILES string of the molecule is COc1cc([C@@H](CC(F)F)N2CCNCC2)cc(OC)c1O.Cl. The van der Waals surface area contributed by atoms with Gasteiger partial charge in [-0.25, -0.2) is 8.78 Å². The Morgan fingerprint density at radius 2 is 1.70 bits per heavy atom. The van der Waals surface area contributed by atoms with Gasteiger partial charge >= 0.3 is 0 Å². The van der Waals surface area contributed by atoms with Gasteiger partial charge in [-0.3, -0.25) is 4.90 Å². The van der Waals surface area contributed by atoms with Gasteiger partial charge in [0, 0.05) is 38.6 Å². The molecule has 0 amide bonds. The van der Waals surface area contributed by atoms with E-state index in [1.807, 2.05) is 4.90 Å². The van der Waals surface area contributed by atoms with E-state index in [1.54, 1.807) is 12.1 Å². The summed E-state index contributed by atoms with van der Waals surface area (Å²) in [5.74, 6) is 0.331. The molecule has 1 aromatic rings. The first-order chi connectivity index (χ1) is 10.6. The fourth-order valence-corrected chi connectivity index (χ4v) is 2.76. The molecule has 1 heterocycles. The van der Waals surface area contributed by atoms with Crippen molar-refractivity contribution in [2.45, 2.75) is 18.9 Å². The van der Waals surface area contributed by atoms with Crippen LogP contribution in [0.3, 0.4) is 0 Å². The van der Waals surface area contributed by atoms with Crippen LogP contribution >= 0.6 is 12.4 Å². The van der Waals surface area contributed by atoms with Crippen molar-refractivity contribution in [3.8, 4) is 17.2 Å². The molecule has 0 aliphatic carbocycles. The maximum absolute atomic E-state index is 13.0. The second kappa shape index (κ2) is 9.10. The number of nitrogens with zero attached hydrogens (tertiary/aromatic N) is 1. The van der Waals surface area contributed by atoms with Gasteiger partial charge in [0.15, 0.2) is 11.5 Å². The van der Waals surface area contributed by atoms with Crippen LogP contribution in [0.15, 0.2) is 12.1 Å². The highest BCUT2D eigenvalue weighted by Crippen LogP contribution is 2.41. The zero-order valence-electron chi connectivity index (χ0n) is 13.2. The van der Waals surface area contributed by atoms with Crippen molar-refractivity contribution in [2.24, 2.45) is 0 Å². The molecule has 1 aliphatic heterocycles. The first-order valence-electron chi connectivity index (χ1n) is 7.24. The summed E-state index contributed by atoms with van der Waals surface area (Å²) in [6.07, 6.45) is -2.68. The molecular weight excluding hydrogens is 330 g/mol. The molecule has 132 valence electrons. The van der Waals surface area contributed by atoms with Crippen LogP contribution in [0.1, 0.15) is 18.0 Å². The normalized spacial score (nSPS) is 16.7. The van der Waals surface area contributed by atoms with E-state index < -0.39 is 12.5 Å². The number of hydrogen-bond donors (Lipinski definition) is 2. The van der Waals surface area contributed by atoms with Gasteiger partial charge in [-0.1, -0.05) is 0 Å². The van der Waals surface area contributed by atoms with E-state index in [0.29, 0.717) is 18.7 Å². The molecule has 0 radical (unpaired) electrons. The molecule has 0 spiro atoms. The Morgan fingerprint density at radius 1 is 1.17 bits per heavy atom. The summed E-state index contributed by atoms with van der Waals surface area (Å²) in [5.41, 5.74) is 0.661. The number of phenols is 1. The highest BCUT2D eigenvalue weighted by molar-refractivity contribution is 5.85. The van der Waals surface area contributed by atoms with Crippen LogP contribution in [0.5, 0.6) is 17.2 Å². The number of nitrogens with one attached hydrogen (secondary N) is 1. The summed E-state index contributed by atoms with van der Waals surface area (Å²) in [5, 5.41) is 13.2. The van der Waals surface area contributed by atoms with Gasteiger partial charge in [0.1, 0.15) is 0 Å². The predicted molar refractivity (Wildman–Crippen MR) is 86.3 cm³/mol. The number of methoxy groups -OCH3 is 2. The second-order valence-electron chi connectivity index (χ2n) is 5.20.